The lowest BCUT2D eigenvalue weighted by Crippen LogP contribution is -2.03. The lowest BCUT2D eigenvalue weighted by atomic mass is 10.2. The fourth-order valence-electron chi connectivity index (χ4n) is 1.86. The van der Waals surface area contributed by atoms with Crippen LogP contribution in [-0.4, -0.2) is 9.78 Å². The normalized spacial score (nSPS) is 10.6. The third-order valence-electron chi connectivity index (χ3n) is 2.79. The van der Waals surface area contributed by atoms with Crippen molar-refractivity contribution in [3.8, 4) is 0 Å². The van der Waals surface area contributed by atoms with Gasteiger partial charge >= 0.3 is 0 Å². The first-order valence-corrected chi connectivity index (χ1v) is 5.56. The van der Waals surface area contributed by atoms with Crippen LogP contribution in [0.4, 0.5) is 10.1 Å². The fraction of sp³-hybridized carbons (Fsp3) is 0.308. The molecule has 0 bridgehead atoms. The molecule has 1 aromatic heterocycles. The number of para-hydroxylation sites is 1. The minimum Gasteiger partial charge on any atom is -0.378 e. The molecule has 0 saturated carbocycles. The number of halogens is 1. The van der Waals surface area contributed by atoms with Gasteiger partial charge in [0, 0.05) is 25.4 Å². The van der Waals surface area contributed by atoms with E-state index in [4.69, 9.17) is 0 Å². The Labute approximate surface area is 100 Å². The lowest BCUT2D eigenvalue weighted by molar-refractivity contribution is 0.629. The highest BCUT2D eigenvalue weighted by molar-refractivity contribution is 5.52. The molecule has 0 aliphatic heterocycles. The molecule has 1 N–H and O–H groups in total. The quantitative estimate of drug-likeness (QED) is 0.883. The standard InChI is InChI=1S/C13H16FN3/c1-9-5-4-6-12(14)13(9)15-7-11-8-17(3)16-10(11)2/h4-6,8,15H,7H2,1-3H3. The molecule has 1 heterocycles. The molecule has 4 heteroatoms. The summed E-state index contributed by atoms with van der Waals surface area (Å²) in [7, 11) is 1.88. The van der Waals surface area contributed by atoms with Gasteiger partial charge < -0.3 is 5.32 Å². The van der Waals surface area contributed by atoms with Gasteiger partial charge in [-0.3, -0.25) is 4.68 Å². The van der Waals surface area contributed by atoms with Gasteiger partial charge in [0.15, 0.2) is 0 Å². The van der Waals surface area contributed by atoms with Gasteiger partial charge in [-0.25, -0.2) is 4.39 Å². The van der Waals surface area contributed by atoms with Gasteiger partial charge in [-0.15, -0.1) is 0 Å². The second kappa shape index (κ2) is 4.57. The van der Waals surface area contributed by atoms with Gasteiger partial charge in [-0.1, -0.05) is 12.1 Å². The van der Waals surface area contributed by atoms with Crippen LogP contribution < -0.4 is 5.32 Å². The van der Waals surface area contributed by atoms with Crippen molar-refractivity contribution < 1.29 is 4.39 Å². The molecule has 1 aromatic carbocycles. The van der Waals surface area contributed by atoms with Crippen molar-refractivity contribution in [3.63, 3.8) is 0 Å². The van der Waals surface area contributed by atoms with E-state index in [1.165, 1.54) is 6.07 Å². The highest BCUT2D eigenvalue weighted by Crippen LogP contribution is 2.19. The Bertz CT molecular complexity index is 511. The summed E-state index contributed by atoms with van der Waals surface area (Å²) in [5.41, 5.74) is 3.52. The average molecular weight is 233 g/mol. The van der Waals surface area contributed by atoms with Gasteiger partial charge in [-0.05, 0) is 25.5 Å². The number of nitrogens with zero attached hydrogens (tertiary/aromatic N) is 2. The van der Waals surface area contributed by atoms with E-state index in [9.17, 15) is 4.39 Å². The molecular formula is C13H16FN3. The lowest BCUT2D eigenvalue weighted by Gasteiger charge is -2.09. The first-order valence-electron chi connectivity index (χ1n) is 5.56. The second-order valence-corrected chi connectivity index (χ2v) is 4.20. The minimum absolute atomic E-state index is 0.216. The Hall–Kier alpha value is -1.84. The molecule has 0 fully saturated rings. The van der Waals surface area contributed by atoms with Crippen LogP contribution in [0.1, 0.15) is 16.8 Å². The summed E-state index contributed by atoms with van der Waals surface area (Å²) in [4.78, 5) is 0. The van der Waals surface area contributed by atoms with E-state index < -0.39 is 0 Å². The van der Waals surface area contributed by atoms with E-state index in [1.54, 1.807) is 10.7 Å². The number of nitrogens with one attached hydrogen (secondary N) is 1. The maximum Gasteiger partial charge on any atom is 0.146 e. The Morgan fingerprint density at radius 2 is 2.12 bits per heavy atom. The zero-order valence-corrected chi connectivity index (χ0v) is 10.3. The van der Waals surface area contributed by atoms with Crippen LogP contribution in [0.25, 0.3) is 0 Å². The predicted octanol–water partition coefficient (Wildman–Crippen LogP) is 2.79. The van der Waals surface area contributed by atoms with Crippen LogP contribution in [0.15, 0.2) is 24.4 Å². The van der Waals surface area contributed by atoms with Gasteiger partial charge in [0.1, 0.15) is 5.82 Å². The van der Waals surface area contributed by atoms with Crippen molar-refractivity contribution in [2.75, 3.05) is 5.32 Å². The summed E-state index contributed by atoms with van der Waals surface area (Å²) >= 11 is 0. The molecule has 0 aliphatic rings. The third kappa shape index (κ3) is 2.46. The van der Waals surface area contributed by atoms with Crippen LogP contribution in [-0.2, 0) is 13.6 Å². The first-order chi connectivity index (χ1) is 8.08. The Kier molecular flexibility index (Phi) is 3.13. The average Bonchev–Trinajstić information content (AvgIpc) is 2.57. The predicted molar refractivity (Wildman–Crippen MR) is 66.4 cm³/mol. The summed E-state index contributed by atoms with van der Waals surface area (Å²) in [5, 5.41) is 7.37. The number of aromatic nitrogens is 2. The summed E-state index contributed by atoms with van der Waals surface area (Å²) in [6.45, 7) is 4.42. The summed E-state index contributed by atoms with van der Waals surface area (Å²) in [6, 6.07) is 5.07. The topological polar surface area (TPSA) is 29.9 Å². The van der Waals surface area contributed by atoms with E-state index >= 15 is 0 Å². The Balaban J connectivity index is 2.15. The highest BCUT2D eigenvalue weighted by atomic mass is 19.1. The molecule has 0 unspecified atom stereocenters. The fourth-order valence-corrected chi connectivity index (χ4v) is 1.86. The van der Waals surface area contributed by atoms with Crippen molar-refractivity contribution in [3.05, 3.63) is 47.0 Å². The number of aryl methyl sites for hydroxylation is 3. The zero-order valence-electron chi connectivity index (χ0n) is 10.3. The van der Waals surface area contributed by atoms with Gasteiger partial charge in [0.05, 0.1) is 11.4 Å². The minimum atomic E-state index is -0.216. The highest BCUT2D eigenvalue weighted by Gasteiger charge is 2.07. The van der Waals surface area contributed by atoms with E-state index in [1.807, 2.05) is 33.2 Å². The molecule has 0 amide bonds. The van der Waals surface area contributed by atoms with Gasteiger partial charge in [0.25, 0.3) is 0 Å². The monoisotopic (exact) mass is 233 g/mol. The molecule has 0 spiro atoms. The van der Waals surface area contributed by atoms with Crippen LogP contribution >= 0.6 is 0 Å². The maximum atomic E-state index is 13.6. The molecule has 2 aromatic rings. The zero-order chi connectivity index (χ0) is 12.4. The second-order valence-electron chi connectivity index (χ2n) is 4.20. The number of anilines is 1. The van der Waals surface area contributed by atoms with Crippen LogP contribution in [0, 0.1) is 19.7 Å². The number of hydrogen-bond acceptors (Lipinski definition) is 2. The smallest absolute Gasteiger partial charge is 0.146 e. The number of hydrogen-bond donors (Lipinski definition) is 1. The molecule has 17 heavy (non-hydrogen) atoms. The van der Waals surface area contributed by atoms with Crippen molar-refractivity contribution in [1.29, 1.82) is 0 Å². The summed E-state index contributed by atoms with van der Waals surface area (Å²) in [6.07, 6.45) is 1.94. The molecule has 0 radical (unpaired) electrons. The Morgan fingerprint density at radius 1 is 1.35 bits per heavy atom. The summed E-state index contributed by atoms with van der Waals surface area (Å²) < 4.78 is 15.3. The summed E-state index contributed by atoms with van der Waals surface area (Å²) in [5.74, 6) is -0.216. The molecule has 2 rings (SSSR count). The Morgan fingerprint density at radius 3 is 2.71 bits per heavy atom. The van der Waals surface area contributed by atoms with Crippen LogP contribution in [0.2, 0.25) is 0 Å². The van der Waals surface area contributed by atoms with Crippen molar-refractivity contribution in [2.45, 2.75) is 20.4 Å². The van der Waals surface area contributed by atoms with Crippen molar-refractivity contribution >= 4 is 5.69 Å². The SMILES string of the molecule is Cc1cccc(F)c1NCc1cn(C)nc1C. The van der Waals surface area contributed by atoms with E-state index in [0.29, 0.717) is 12.2 Å². The molecule has 90 valence electrons. The van der Waals surface area contributed by atoms with Crippen LogP contribution in [0.5, 0.6) is 0 Å². The van der Waals surface area contributed by atoms with E-state index in [0.717, 1.165) is 16.8 Å². The van der Waals surface area contributed by atoms with E-state index in [-0.39, 0.29) is 5.82 Å². The van der Waals surface area contributed by atoms with Gasteiger partial charge in [-0.2, -0.15) is 5.10 Å². The number of rotatable bonds is 3. The number of benzene rings is 1. The van der Waals surface area contributed by atoms with Crippen molar-refractivity contribution in [1.82, 2.24) is 9.78 Å². The largest absolute Gasteiger partial charge is 0.378 e. The molecule has 0 atom stereocenters. The molecule has 0 saturated heterocycles. The van der Waals surface area contributed by atoms with Crippen LogP contribution in [0.3, 0.4) is 0 Å². The maximum absolute atomic E-state index is 13.6. The van der Waals surface area contributed by atoms with Gasteiger partial charge in [0.2, 0.25) is 0 Å². The molecule has 0 aliphatic carbocycles. The molecule has 3 nitrogen and oxygen atoms in total. The van der Waals surface area contributed by atoms with E-state index in [2.05, 4.69) is 10.4 Å². The third-order valence-corrected chi connectivity index (χ3v) is 2.79. The first kappa shape index (κ1) is 11.6. The van der Waals surface area contributed by atoms with Crippen molar-refractivity contribution in [2.24, 2.45) is 7.05 Å². The molecular weight excluding hydrogens is 217 g/mol.